The Morgan fingerprint density at radius 3 is 2.58 bits per heavy atom. The van der Waals surface area contributed by atoms with Crippen molar-refractivity contribution in [3.63, 3.8) is 0 Å². The SMILES string of the molecule is O=C(Oc1ccccc1[N+](=O)[O-])c1cccc(Cl)c1. The second-order valence-electron chi connectivity index (χ2n) is 3.62. The van der Waals surface area contributed by atoms with Gasteiger partial charge in [0.05, 0.1) is 10.5 Å². The molecule has 0 unspecified atom stereocenters. The standard InChI is InChI=1S/C13H8ClNO4/c14-10-5-3-4-9(8-10)13(16)19-12-7-2-1-6-11(12)15(17)18/h1-8H. The van der Waals surface area contributed by atoms with E-state index in [1.807, 2.05) is 0 Å². The van der Waals surface area contributed by atoms with Crippen molar-refractivity contribution in [1.82, 2.24) is 0 Å². The summed E-state index contributed by atoms with van der Waals surface area (Å²) in [6.07, 6.45) is 0. The Balaban J connectivity index is 2.27. The minimum absolute atomic E-state index is 0.0996. The van der Waals surface area contributed by atoms with Crippen LogP contribution < -0.4 is 4.74 Å². The third kappa shape index (κ3) is 3.08. The first-order valence-corrected chi connectivity index (χ1v) is 5.67. The van der Waals surface area contributed by atoms with Crippen LogP contribution in [0.3, 0.4) is 0 Å². The lowest BCUT2D eigenvalue weighted by Crippen LogP contribution is -2.09. The monoisotopic (exact) mass is 277 g/mol. The number of ether oxygens (including phenoxy) is 1. The van der Waals surface area contributed by atoms with Crippen LogP contribution >= 0.6 is 11.6 Å². The molecule has 19 heavy (non-hydrogen) atoms. The van der Waals surface area contributed by atoms with E-state index < -0.39 is 10.9 Å². The molecule has 0 aliphatic rings. The number of carbonyl (C=O) groups excluding carboxylic acids is 1. The van der Waals surface area contributed by atoms with Crippen LogP contribution in [0.15, 0.2) is 48.5 Å². The molecule has 0 atom stereocenters. The maximum absolute atomic E-state index is 11.8. The largest absolute Gasteiger partial charge is 0.416 e. The zero-order valence-electron chi connectivity index (χ0n) is 9.58. The van der Waals surface area contributed by atoms with E-state index in [-0.39, 0.29) is 17.0 Å². The highest BCUT2D eigenvalue weighted by Gasteiger charge is 2.18. The van der Waals surface area contributed by atoms with Crippen LogP contribution in [0, 0.1) is 10.1 Å². The predicted octanol–water partition coefficient (Wildman–Crippen LogP) is 3.47. The molecule has 2 aromatic rings. The maximum Gasteiger partial charge on any atom is 0.343 e. The van der Waals surface area contributed by atoms with Gasteiger partial charge in [0.15, 0.2) is 0 Å². The van der Waals surface area contributed by atoms with Crippen molar-refractivity contribution in [3.05, 3.63) is 69.2 Å². The van der Waals surface area contributed by atoms with Gasteiger partial charge in [-0.3, -0.25) is 10.1 Å². The second-order valence-corrected chi connectivity index (χ2v) is 4.06. The Morgan fingerprint density at radius 1 is 1.16 bits per heavy atom. The number of nitro benzene ring substituents is 1. The van der Waals surface area contributed by atoms with Crippen LogP contribution in [0.2, 0.25) is 5.02 Å². The molecule has 2 aromatic carbocycles. The lowest BCUT2D eigenvalue weighted by atomic mass is 10.2. The number of hydrogen-bond acceptors (Lipinski definition) is 4. The second kappa shape index (κ2) is 5.49. The first kappa shape index (κ1) is 13.0. The van der Waals surface area contributed by atoms with E-state index >= 15 is 0 Å². The summed E-state index contributed by atoms with van der Waals surface area (Å²) in [5.74, 6) is -0.797. The van der Waals surface area contributed by atoms with Gasteiger partial charge in [0.1, 0.15) is 0 Å². The van der Waals surface area contributed by atoms with Crippen LogP contribution in [0.1, 0.15) is 10.4 Å². The number of nitrogens with zero attached hydrogens (tertiary/aromatic N) is 1. The van der Waals surface area contributed by atoms with Gasteiger partial charge in [0.25, 0.3) is 0 Å². The van der Waals surface area contributed by atoms with E-state index in [1.165, 1.54) is 30.3 Å². The van der Waals surface area contributed by atoms with Gasteiger partial charge >= 0.3 is 11.7 Å². The predicted molar refractivity (Wildman–Crippen MR) is 69.5 cm³/mol. The molecule has 0 N–H and O–H groups in total. The summed E-state index contributed by atoms with van der Waals surface area (Å²) in [5, 5.41) is 11.2. The van der Waals surface area contributed by atoms with Crippen LogP contribution in [-0.4, -0.2) is 10.9 Å². The summed E-state index contributed by atoms with van der Waals surface area (Å²) in [4.78, 5) is 22.0. The highest BCUT2D eigenvalue weighted by atomic mass is 35.5. The molecule has 5 nitrogen and oxygen atoms in total. The van der Waals surface area contributed by atoms with Crippen molar-refractivity contribution in [2.24, 2.45) is 0 Å². The van der Waals surface area contributed by atoms with Crippen molar-refractivity contribution in [1.29, 1.82) is 0 Å². The smallest absolute Gasteiger partial charge is 0.343 e. The fourth-order valence-electron chi connectivity index (χ4n) is 1.47. The molecular formula is C13H8ClNO4. The molecule has 0 heterocycles. The summed E-state index contributed by atoms with van der Waals surface area (Å²) in [6, 6.07) is 11.8. The van der Waals surface area contributed by atoms with E-state index in [0.717, 1.165) is 0 Å². The number of hydrogen-bond donors (Lipinski definition) is 0. The number of para-hydroxylation sites is 2. The summed E-state index contributed by atoms with van der Waals surface area (Å²) in [7, 11) is 0. The Morgan fingerprint density at radius 2 is 1.89 bits per heavy atom. The third-order valence-corrected chi connectivity index (χ3v) is 2.56. The van der Waals surface area contributed by atoms with E-state index in [2.05, 4.69) is 0 Å². The molecule has 6 heteroatoms. The van der Waals surface area contributed by atoms with Gasteiger partial charge in [-0.1, -0.05) is 29.8 Å². The first-order chi connectivity index (χ1) is 9.08. The van der Waals surface area contributed by atoms with Gasteiger partial charge in [-0.2, -0.15) is 0 Å². The van der Waals surface area contributed by atoms with E-state index in [0.29, 0.717) is 5.02 Å². The molecule has 0 saturated heterocycles. The van der Waals surface area contributed by atoms with E-state index in [4.69, 9.17) is 16.3 Å². The van der Waals surface area contributed by atoms with Crippen LogP contribution in [0.5, 0.6) is 5.75 Å². The molecule has 0 aliphatic heterocycles. The summed E-state index contributed by atoms with van der Waals surface area (Å²) >= 11 is 5.76. The molecule has 2 rings (SSSR count). The minimum Gasteiger partial charge on any atom is -0.416 e. The van der Waals surface area contributed by atoms with Crippen molar-refractivity contribution in [3.8, 4) is 5.75 Å². The molecular weight excluding hydrogens is 270 g/mol. The molecule has 96 valence electrons. The Hall–Kier alpha value is -2.40. The van der Waals surface area contributed by atoms with Crippen molar-refractivity contribution in [2.75, 3.05) is 0 Å². The number of halogens is 1. The van der Waals surface area contributed by atoms with Crippen LogP contribution in [-0.2, 0) is 0 Å². The number of benzene rings is 2. The van der Waals surface area contributed by atoms with Gasteiger partial charge in [-0.15, -0.1) is 0 Å². The quantitative estimate of drug-likeness (QED) is 0.373. The lowest BCUT2D eigenvalue weighted by Gasteiger charge is -2.04. The van der Waals surface area contributed by atoms with Gasteiger partial charge in [-0.25, -0.2) is 4.79 Å². The first-order valence-electron chi connectivity index (χ1n) is 5.29. The normalized spacial score (nSPS) is 9.95. The van der Waals surface area contributed by atoms with Crippen molar-refractivity contribution in [2.45, 2.75) is 0 Å². The zero-order chi connectivity index (χ0) is 13.8. The molecule has 0 radical (unpaired) electrons. The Bertz CT molecular complexity index is 642. The third-order valence-electron chi connectivity index (χ3n) is 2.32. The zero-order valence-corrected chi connectivity index (χ0v) is 10.3. The molecule has 0 aliphatic carbocycles. The maximum atomic E-state index is 11.8. The average molecular weight is 278 g/mol. The fourth-order valence-corrected chi connectivity index (χ4v) is 1.66. The van der Waals surface area contributed by atoms with Gasteiger partial charge in [0.2, 0.25) is 5.75 Å². The fraction of sp³-hybridized carbons (Fsp3) is 0. The highest BCUT2D eigenvalue weighted by Crippen LogP contribution is 2.26. The van der Waals surface area contributed by atoms with Crippen molar-refractivity contribution >= 4 is 23.3 Å². The topological polar surface area (TPSA) is 69.4 Å². The average Bonchev–Trinajstić information content (AvgIpc) is 2.39. The minimum atomic E-state index is -0.697. The molecule has 0 saturated carbocycles. The molecule has 0 bridgehead atoms. The summed E-state index contributed by atoms with van der Waals surface area (Å²) in [5.41, 5.74) is -0.0384. The molecule has 0 spiro atoms. The molecule has 0 fully saturated rings. The van der Waals surface area contributed by atoms with Crippen molar-refractivity contribution < 1.29 is 14.5 Å². The summed E-state index contributed by atoms with van der Waals surface area (Å²) in [6.45, 7) is 0. The van der Waals surface area contributed by atoms with Crippen LogP contribution in [0.4, 0.5) is 5.69 Å². The van der Waals surface area contributed by atoms with Gasteiger partial charge in [0, 0.05) is 11.1 Å². The number of esters is 1. The van der Waals surface area contributed by atoms with Gasteiger partial charge < -0.3 is 4.74 Å². The van der Waals surface area contributed by atoms with Crippen LogP contribution in [0.25, 0.3) is 0 Å². The van der Waals surface area contributed by atoms with Gasteiger partial charge in [-0.05, 0) is 24.3 Å². The number of rotatable bonds is 3. The lowest BCUT2D eigenvalue weighted by molar-refractivity contribution is -0.385. The number of carbonyl (C=O) groups is 1. The Labute approximate surface area is 113 Å². The van der Waals surface area contributed by atoms with E-state index in [1.54, 1.807) is 18.2 Å². The molecule has 0 aromatic heterocycles. The highest BCUT2D eigenvalue weighted by molar-refractivity contribution is 6.30. The number of nitro groups is 1. The van der Waals surface area contributed by atoms with E-state index in [9.17, 15) is 14.9 Å². The Kier molecular flexibility index (Phi) is 3.77. The molecule has 0 amide bonds. The summed E-state index contributed by atoms with van der Waals surface area (Å²) < 4.78 is 5.01.